The molecule has 0 amide bonds. The van der Waals surface area contributed by atoms with Crippen LogP contribution in [0, 0.1) is 5.82 Å². The van der Waals surface area contributed by atoms with E-state index in [1.165, 1.54) is 11.6 Å². The summed E-state index contributed by atoms with van der Waals surface area (Å²) >= 11 is 0. The van der Waals surface area contributed by atoms with Crippen molar-refractivity contribution in [1.82, 2.24) is 15.5 Å². The molecule has 0 saturated heterocycles. The zero-order valence-electron chi connectivity index (χ0n) is 17.9. The summed E-state index contributed by atoms with van der Waals surface area (Å²) in [6.07, 6.45) is 0.963. The summed E-state index contributed by atoms with van der Waals surface area (Å²) < 4.78 is 19.8. The van der Waals surface area contributed by atoms with Crippen molar-refractivity contribution in [2.75, 3.05) is 34.3 Å². The van der Waals surface area contributed by atoms with Gasteiger partial charge in [0.15, 0.2) is 5.96 Å². The molecule has 0 heterocycles. The fourth-order valence-corrected chi connectivity index (χ4v) is 2.97. The van der Waals surface area contributed by atoms with Crippen molar-refractivity contribution < 1.29 is 9.13 Å². The van der Waals surface area contributed by atoms with Crippen LogP contribution in [0.4, 0.5) is 4.39 Å². The van der Waals surface area contributed by atoms with Crippen molar-refractivity contribution in [2.24, 2.45) is 4.99 Å². The molecule has 0 saturated carbocycles. The van der Waals surface area contributed by atoms with Crippen LogP contribution in [0.25, 0.3) is 0 Å². The van der Waals surface area contributed by atoms with Gasteiger partial charge < -0.3 is 20.3 Å². The number of guanidine groups is 1. The number of ether oxygens (including phenoxy) is 1. The highest BCUT2D eigenvalue weighted by Crippen LogP contribution is 2.15. The lowest BCUT2D eigenvalue weighted by Gasteiger charge is -2.15. The van der Waals surface area contributed by atoms with Gasteiger partial charge in [-0.05, 0) is 50.7 Å². The molecule has 0 bridgehead atoms. The van der Waals surface area contributed by atoms with Gasteiger partial charge in [-0.1, -0.05) is 36.4 Å². The minimum atomic E-state index is -0.172. The van der Waals surface area contributed by atoms with Crippen molar-refractivity contribution in [3.63, 3.8) is 0 Å². The van der Waals surface area contributed by atoms with Crippen molar-refractivity contribution in [1.29, 1.82) is 0 Å². The lowest BCUT2D eigenvalue weighted by molar-refractivity contribution is 0.0646. The molecular weight excluding hydrogens is 367 g/mol. The second-order valence-corrected chi connectivity index (χ2v) is 7.29. The number of hydrogen-bond donors (Lipinski definition) is 2. The largest absolute Gasteiger partial charge is 0.374 e. The Bertz CT molecular complexity index is 765. The van der Waals surface area contributed by atoms with Crippen LogP contribution in [0.15, 0.2) is 53.5 Å². The fourth-order valence-electron chi connectivity index (χ4n) is 2.97. The van der Waals surface area contributed by atoms with Crippen molar-refractivity contribution in [2.45, 2.75) is 32.5 Å². The molecule has 1 atom stereocenters. The van der Waals surface area contributed by atoms with Crippen molar-refractivity contribution in [3.8, 4) is 0 Å². The number of rotatable bonds is 10. The van der Waals surface area contributed by atoms with Gasteiger partial charge in [-0.3, -0.25) is 4.99 Å². The van der Waals surface area contributed by atoms with Crippen LogP contribution >= 0.6 is 0 Å². The van der Waals surface area contributed by atoms with E-state index in [-0.39, 0.29) is 11.9 Å². The molecule has 0 aliphatic rings. The number of nitrogens with one attached hydrogen (secondary N) is 2. The molecule has 1 unspecified atom stereocenters. The average molecular weight is 401 g/mol. The molecule has 29 heavy (non-hydrogen) atoms. The second kappa shape index (κ2) is 12.2. The van der Waals surface area contributed by atoms with Gasteiger partial charge in [0.2, 0.25) is 0 Å². The number of hydrogen-bond acceptors (Lipinski definition) is 3. The summed E-state index contributed by atoms with van der Waals surface area (Å²) in [5.41, 5.74) is 2.90. The maximum absolute atomic E-state index is 13.9. The van der Waals surface area contributed by atoms with Crippen LogP contribution in [0.1, 0.15) is 36.1 Å². The summed E-state index contributed by atoms with van der Waals surface area (Å²) in [7, 11) is 5.60. The molecule has 0 fully saturated rings. The third-order valence-electron chi connectivity index (χ3n) is 4.53. The first-order valence-electron chi connectivity index (χ1n) is 10.0. The van der Waals surface area contributed by atoms with E-state index >= 15 is 0 Å². The summed E-state index contributed by atoms with van der Waals surface area (Å²) in [5.74, 6) is 0.550. The van der Waals surface area contributed by atoms with Gasteiger partial charge in [0.25, 0.3) is 0 Å². The predicted octanol–water partition coefficient (Wildman–Crippen LogP) is 3.72. The molecule has 0 aliphatic heterocycles. The predicted molar refractivity (Wildman–Crippen MR) is 117 cm³/mol. The standard InChI is InChI=1S/C23H33FN4O/c1-18(20-9-6-5-7-10-20)29-14-8-13-26-23(25-2)27-16-19-11-12-22(24)21(15-19)17-28(3)4/h5-7,9-12,15,18H,8,13-14,16-17H2,1-4H3,(H2,25,26,27). The van der Waals surface area contributed by atoms with E-state index in [2.05, 4.69) is 34.7 Å². The minimum Gasteiger partial charge on any atom is -0.374 e. The second-order valence-electron chi connectivity index (χ2n) is 7.29. The lowest BCUT2D eigenvalue weighted by atomic mass is 10.1. The third-order valence-corrected chi connectivity index (χ3v) is 4.53. The van der Waals surface area contributed by atoms with Crippen LogP contribution in [-0.4, -0.2) is 45.2 Å². The highest BCUT2D eigenvalue weighted by molar-refractivity contribution is 5.79. The molecule has 2 N–H and O–H groups in total. The molecule has 0 spiro atoms. The smallest absolute Gasteiger partial charge is 0.191 e. The van der Waals surface area contributed by atoms with E-state index in [1.54, 1.807) is 13.1 Å². The molecule has 5 nitrogen and oxygen atoms in total. The number of halogens is 1. The van der Waals surface area contributed by atoms with Gasteiger partial charge in [0.1, 0.15) is 5.82 Å². The Hall–Kier alpha value is -2.44. The minimum absolute atomic E-state index is 0.0866. The summed E-state index contributed by atoms with van der Waals surface area (Å²) in [4.78, 5) is 6.20. The summed E-state index contributed by atoms with van der Waals surface area (Å²) in [5, 5.41) is 6.56. The molecule has 0 radical (unpaired) electrons. The van der Waals surface area contributed by atoms with E-state index in [0.717, 1.165) is 24.5 Å². The topological polar surface area (TPSA) is 48.9 Å². The van der Waals surface area contributed by atoms with Crippen LogP contribution in [0.5, 0.6) is 0 Å². The van der Waals surface area contributed by atoms with Crippen LogP contribution in [0.3, 0.4) is 0 Å². The van der Waals surface area contributed by atoms with E-state index in [9.17, 15) is 4.39 Å². The van der Waals surface area contributed by atoms with E-state index < -0.39 is 0 Å². The molecule has 6 heteroatoms. The van der Waals surface area contributed by atoms with Crippen LogP contribution in [-0.2, 0) is 17.8 Å². The zero-order chi connectivity index (χ0) is 21.1. The van der Waals surface area contributed by atoms with Gasteiger partial charge >= 0.3 is 0 Å². The highest BCUT2D eigenvalue weighted by Gasteiger charge is 2.07. The Morgan fingerprint density at radius 3 is 2.59 bits per heavy atom. The third kappa shape index (κ3) is 8.21. The number of nitrogens with zero attached hydrogens (tertiary/aromatic N) is 2. The van der Waals surface area contributed by atoms with Crippen LogP contribution in [0.2, 0.25) is 0 Å². The van der Waals surface area contributed by atoms with E-state index in [1.807, 2.05) is 43.3 Å². The van der Waals surface area contributed by atoms with E-state index in [0.29, 0.717) is 25.3 Å². The molecule has 2 aromatic rings. The SMILES string of the molecule is CN=C(NCCCOC(C)c1ccccc1)NCc1ccc(F)c(CN(C)C)c1. The highest BCUT2D eigenvalue weighted by atomic mass is 19.1. The Morgan fingerprint density at radius 1 is 1.14 bits per heavy atom. The molecule has 158 valence electrons. The van der Waals surface area contributed by atoms with Gasteiger partial charge in [-0.25, -0.2) is 4.39 Å². The Labute approximate surface area is 174 Å². The van der Waals surface area contributed by atoms with Crippen molar-refractivity contribution >= 4 is 5.96 Å². The fraction of sp³-hybridized carbons (Fsp3) is 0.435. The van der Waals surface area contributed by atoms with Gasteiger partial charge in [0.05, 0.1) is 6.10 Å². The van der Waals surface area contributed by atoms with Crippen molar-refractivity contribution in [3.05, 3.63) is 71.0 Å². The maximum atomic E-state index is 13.9. The Kier molecular flexibility index (Phi) is 9.60. The summed E-state index contributed by atoms with van der Waals surface area (Å²) in [6, 6.07) is 15.4. The monoisotopic (exact) mass is 400 g/mol. The number of benzene rings is 2. The molecular formula is C23H33FN4O. The summed E-state index contributed by atoms with van der Waals surface area (Å²) in [6.45, 7) is 4.66. The molecule has 2 aromatic carbocycles. The molecule has 0 aromatic heterocycles. The van der Waals surface area contributed by atoms with Gasteiger partial charge in [-0.2, -0.15) is 0 Å². The van der Waals surface area contributed by atoms with Crippen LogP contribution < -0.4 is 10.6 Å². The molecule has 0 aliphatic carbocycles. The Balaban J connectivity index is 1.70. The quantitative estimate of drug-likeness (QED) is 0.363. The first-order valence-corrected chi connectivity index (χ1v) is 10.0. The maximum Gasteiger partial charge on any atom is 0.191 e. The lowest BCUT2D eigenvalue weighted by Crippen LogP contribution is -2.37. The Morgan fingerprint density at radius 2 is 1.90 bits per heavy atom. The molecule has 2 rings (SSSR count). The normalized spacial score (nSPS) is 12.8. The average Bonchev–Trinajstić information content (AvgIpc) is 2.72. The first kappa shape index (κ1) is 22.8. The van der Waals surface area contributed by atoms with E-state index in [4.69, 9.17) is 4.74 Å². The van der Waals surface area contributed by atoms with Gasteiger partial charge in [-0.15, -0.1) is 0 Å². The zero-order valence-corrected chi connectivity index (χ0v) is 17.9. The van der Waals surface area contributed by atoms with Gasteiger partial charge in [0, 0.05) is 38.9 Å². The first-order chi connectivity index (χ1) is 14.0. The number of aliphatic imine (C=N–C) groups is 1.